The molecule has 3 aromatic rings. The van der Waals surface area contributed by atoms with E-state index in [9.17, 15) is 0 Å². The van der Waals surface area contributed by atoms with E-state index in [1.807, 2.05) is 10.9 Å². The number of rotatable bonds is 6. The molecule has 0 amide bonds. The topological polar surface area (TPSA) is 37.2 Å². The lowest BCUT2D eigenvalue weighted by Gasteiger charge is -2.35. The first kappa shape index (κ1) is 21.0. The molecule has 1 aliphatic heterocycles. The molecule has 0 aliphatic carbocycles. The molecule has 0 radical (unpaired) electrons. The number of piperazine rings is 1. The van der Waals surface area contributed by atoms with Crippen LogP contribution in [-0.4, -0.2) is 55.3 Å². The van der Waals surface area contributed by atoms with Crippen molar-refractivity contribution in [3.63, 3.8) is 0 Å². The Labute approximate surface area is 188 Å². The van der Waals surface area contributed by atoms with Gasteiger partial charge in [-0.05, 0) is 18.1 Å². The molecule has 30 heavy (non-hydrogen) atoms. The standard InChI is InChI=1S/C23H27N5S2/c1-19-7-9-21(10-8-19)16-28-17-22(24-25-28)18-30-23(29)27-13-11-26(12-14-27)15-20-5-3-2-4-6-20/h2-10,17H,11-16,18H2,1H3. The van der Waals surface area contributed by atoms with Gasteiger partial charge >= 0.3 is 0 Å². The van der Waals surface area contributed by atoms with Gasteiger partial charge in [0.05, 0.1) is 12.2 Å². The van der Waals surface area contributed by atoms with Crippen molar-refractivity contribution in [3.05, 3.63) is 83.2 Å². The van der Waals surface area contributed by atoms with Crippen molar-refractivity contribution in [3.8, 4) is 0 Å². The quantitative estimate of drug-likeness (QED) is 0.543. The molecule has 156 valence electrons. The third kappa shape index (κ3) is 5.90. The average Bonchev–Trinajstić information content (AvgIpc) is 3.22. The summed E-state index contributed by atoms with van der Waals surface area (Å²) < 4.78 is 2.86. The fourth-order valence-electron chi connectivity index (χ4n) is 3.52. The van der Waals surface area contributed by atoms with Crippen molar-refractivity contribution in [2.45, 2.75) is 25.8 Å². The average molecular weight is 438 g/mol. The number of thiocarbonyl (C=S) groups is 1. The van der Waals surface area contributed by atoms with E-state index in [4.69, 9.17) is 12.2 Å². The zero-order chi connectivity index (χ0) is 20.8. The van der Waals surface area contributed by atoms with E-state index >= 15 is 0 Å². The molecular weight excluding hydrogens is 410 g/mol. The molecule has 5 nitrogen and oxygen atoms in total. The molecule has 0 atom stereocenters. The van der Waals surface area contributed by atoms with Crippen LogP contribution in [-0.2, 0) is 18.8 Å². The van der Waals surface area contributed by atoms with E-state index in [0.29, 0.717) is 0 Å². The zero-order valence-corrected chi connectivity index (χ0v) is 18.9. The van der Waals surface area contributed by atoms with Crippen molar-refractivity contribution >= 4 is 28.3 Å². The molecule has 4 rings (SSSR count). The van der Waals surface area contributed by atoms with Crippen LogP contribution < -0.4 is 0 Å². The molecular formula is C23H27N5S2. The van der Waals surface area contributed by atoms with E-state index < -0.39 is 0 Å². The molecule has 1 saturated heterocycles. The summed E-state index contributed by atoms with van der Waals surface area (Å²) in [7, 11) is 0. The Morgan fingerprint density at radius 2 is 1.63 bits per heavy atom. The van der Waals surface area contributed by atoms with E-state index in [1.165, 1.54) is 16.7 Å². The zero-order valence-electron chi connectivity index (χ0n) is 17.3. The summed E-state index contributed by atoms with van der Waals surface area (Å²) in [4.78, 5) is 4.81. The summed E-state index contributed by atoms with van der Waals surface area (Å²) in [6, 6.07) is 19.2. The highest BCUT2D eigenvalue weighted by molar-refractivity contribution is 8.22. The van der Waals surface area contributed by atoms with Gasteiger partial charge in [-0.1, -0.05) is 89.4 Å². The second-order valence-corrected chi connectivity index (χ2v) is 9.31. The van der Waals surface area contributed by atoms with Crippen LogP contribution in [0, 0.1) is 6.92 Å². The van der Waals surface area contributed by atoms with Gasteiger partial charge in [0, 0.05) is 44.7 Å². The Morgan fingerprint density at radius 1 is 0.933 bits per heavy atom. The second kappa shape index (κ2) is 10.2. The van der Waals surface area contributed by atoms with Gasteiger partial charge in [-0.2, -0.15) is 0 Å². The van der Waals surface area contributed by atoms with Crippen LogP contribution in [0.2, 0.25) is 0 Å². The lowest BCUT2D eigenvalue weighted by molar-refractivity contribution is 0.179. The molecule has 2 heterocycles. The summed E-state index contributed by atoms with van der Waals surface area (Å²) in [5.74, 6) is 0.761. The third-order valence-electron chi connectivity index (χ3n) is 5.27. The molecule has 7 heteroatoms. The van der Waals surface area contributed by atoms with Gasteiger partial charge in [0.15, 0.2) is 0 Å². The molecule has 2 aromatic carbocycles. The van der Waals surface area contributed by atoms with Gasteiger partial charge in [-0.25, -0.2) is 4.68 Å². The largest absolute Gasteiger partial charge is 0.355 e. The van der Waals surface area contributed by atoms with E-state index in [2.05, 4.69) is 81.6 Å². The number of hydrogen-bond donors (Lipinski definition) is 0. The minimum atomic E-state index is 0.742. The van der Waals surface area contributed by atoms with Crippen molar-refractivity contribution in [1.82, 2.24) is 24.8 Å². The maximum atomic E-state index is 5.68. The smallest absolute Gasteiger partial charge is 0.136 e. The van der Waals surface area contributed by atoms with Crippen molar-refractivity contribution < 1.29 is 0 Å². The van der Waals surface area contributed by atoms with Crippen LogP contribution in [0.5, 0.6) is 0 Å². The number of hydrogen-bond acceptors (Lipinski definition) is 5. The number of benzene rings is 2. The van der Waals surface area contributed by atoms with Crippen LogP contribution in [0.15, 0.2) is 60.8 Å². The molecule has 0 N–H and O–H groups in total. The Bertz CT molecular complexity index is 947. The Morgan fingerprint density at radius 3 is 2.37 bits per heavy atom. The molecule has 1 aromatic heterocycles. The Kier molecular flexibility index (Phi) is 7.15. The van der Waals surface area contributed by atoms with Gasteiger partial charge in [0.2, 0.25) is 0 Å². The Balaban J connectivity index is 1.21. The molecule has 0 bridgehead atoms. The van der Waals surface area contributed by atoms with Crippen LogP contribution in [0.3, 0.4) is 0 Å². The highest BCUT2D eigenvalue weighted by Gasteiger charge is 2.19. The highest BCUT2D eigenvalue weighted by atomic mass is 32.2. The van der Waals surface area contributed by atoms with E-state index in [-0.39, 0.29) is 0 Å². The summed E-state index contributed by atoms with van der Waals surface area (Å²) >= 11 is 7.37. The lowest BCUT2D eigenvalue weighted by atomic mass is 10.1. The number of aromatic nitrogens is 3. The first-order chi connectivity index (χ1) is 14.7. The highest BCUT2D eigenvalue weighted by Crippen LogP contribution is 2.18. The van der Waals surface area contributed by atoms with Crippen LogP contribution in [0.25, 0.3) is 0 Å². The monoisotopic (exact) mass is 437 g/mol. The molecule has 1 fully saturated rings. The number of thioether (sulfide) groups is 1. The third-order valence-corrected chi connectivity index (χ3v) is 6.83. The van der Waals surface area contributed by atoms with Crippen LogP contribution in [0.4, 0.5) is 0 Å². The molecule has 1 aliphatic rings. The van der Waals surface area contributed by atoms with E-state index in [1.54, 1.807) is 11.8 Å². The van der Waals surface area contributed by atoms with Gasteiger partial charge in [-0.3, -0.25) is 4.90 Å². The lowest BCUT2D eigenvalue weighted by Crippen LogP contribution is -2.47. The molecule has 0 spiro atoms. The summed E-state index contributed by atoms with van der Waals surface area (Å²) in [5, 5.41) is 8.58. The Hall–Kier alpha value is -2.22. The van der Waals surface area contributed by atoms with Crippen LogP contribution >= 0.6 is 24.0 Å². The maximum Gasteiger partial charge on any atom is 0.136 e. The van der Waals surface area contributed by atoms with E-state index in [0.717, 1.165) is 55.0 Å². The number of aryl methyl sites for hydroxylation is 1. The fourth-order valence-corrected chi connectivity index (χ4v) is 4.65. The number of nitrogens with zero attached hydrogens (tertiary/aromatic N) is 5. The first-order valence-electron chi connectivity index (χ1n) is 10.3. The minimum Gasteiger partial charge on any atom is -0.355 e. The van der Waals surface area contributed by atoms with Crippen molar-refractivity contribution in [2.75, 3.05) is 26.2 Å². The summed E-state index contributed by atoms with van der Waals surface area (Å²) in [5.41, 5.74) is 4.84. The first-order valence-corrected chi connectivity index (χ1v) is 11.7. The predicted molar refractivity (Wildman–Crippen MR) is 127 cm³/mol. The van der Waals surface area contributed by atoms with Crippen LogP contribution in [0.1, 0.15) is 22.4 Å². The minimum absolute atomic E-state index is 0.742. The normalized spacial score (nSPS) is 14.8. The van der Waals surface area contributed by atoms with Gasteiger partial charge in [-0.15, -0.1) is 5.10 Å². The molecule has 0 saturated carbocycles. The van der Waals surface area contributed by atoms with Gasteiger partial charge in [0.25, 0.3) is 0 Å². The van der Waals surface area contributed by atoms with Gasteiger partial charge < -0.3 is 4.90 Å². The predicted octanol–water partition coefficient (Wildman–Crippen LogP) is 3.97. The SMILES string of the molecule is Cc1ccc(Cn2cc(CSC(=S)N3CCN(Cc4ccccc4)CC3)nn2)cc1. The second-order valence-electron chi connectivity index (χ2n) is 7.70. The fraction of sp³-hybridized carbons (Fsp3) is 0.348. The van der Waals surface area contributed by atoms with Crippen molar-refractivity contribution in [2.24, 2.45) is 0 Å². The summed E-state index contributed by atoms with van der Waals surface area (Å²) in [6.07, 6.45) is 2.02. The van der Waals surface area contributed by atoms with Gasteiger partial charge in [0.1, 0.15) is 4.32 Å². The van der Waals surface area contributed by atoms with Crippen molar-refractivity contribution in [1.29, 1.82) is 0 Å². The summed E-state index contributed by atoms with van der Waals surface area (Å²) in [6.45, 7) is 7.91. The molecule has 0 unspecified atom stereocenters. The maximum absolute atomic E-state index is 5.68.